The average molecular weight is 444 g/mol. The molecule has 0 saturated carbocycles. The summed E-state index contributed by atoms with van der Waals surface area (Å²) in [5, 5.41) is 13.1. The van der Waals surface area contributed by atoms with Gasteiger partial charge in [-0.05, 0) is 47.5 Å². The van der Waals surface area contributed by atoms with Crippen LogP contribution in [0.1, 0.15) is 22.3 Å². The number of nitriles is 1. The predicted molar refractivity (Wildman–Crippen MR) is 129 cm³/mol. The van der Waals surface area contributed by atoms with E-state index in [2.05, 4.69) is 6.07 Å². The van der Waals surface area contributed by atoms with Crippen molar-refractivity contribution in [2.24, 2.45) is 0 Å². The predicted octanol–water partition coefficient (Wildman–Crippen LogP) is 8.10. The van der Waals surface area contributed by atoms with Crippen molar-refractivity contribution >= 4 is 45.6 Å². The highest BCUT2D eigenvalue weighted by Gasteiger charge is 2.11. The quantitative estimate of drug-likeness (QED) is 0.230. The van der Waals surface area contributed by atoms with Gasteiger partial charge >= 0.3 is 0 Å². The number of allylic oxidation sites excluding steroid dienone is 1. The van der Waals surface area contributed by atoms with Crippen LogP contribution in [0.5, 0.6) is 5.75 Å². The van der Waals surface area contributed by atoms with Crippen molar-refractivity contribution in [3.63, 3.8) is 0 Å². The van der Waals surface area contributed by atoms with Crippen LogP contribution >= 0.6 is 23.2 Å². The molecule has 0 saturated heterocycles. The number of halogens is 2. The smallest absolute Gasteiger partial charge is 0.127 e. The Morgan fingerprint density at radius 2 is 1.74 bits per heavy atom. The van der Waals surface area contributed by atoms with Gasteiger partial charge in [-0.25, -0.2) is 0 Å². The number of benzene rings is 4. The normalized spacial score (nSPS) is 11.4. The minimum absolute atomic E-state index is 0.293. The van der Waals surface area contributed by atoms with E-state index in [0.717, 1.165) is 33.0 Å². The van der Waals surface area contributed by atoms with E-state index in [4.69, 9.17) is 27.9 Å². The van der Waals surface area contributed by atoms with E-state index in [1.165, 1.54) is 0 Å². The number of hydrogen-bond donors (Lipinski definition) is 0. The highest BCUT2D eigenvalue weighted by molar-refractivity contribution is 6.35. The van der Waals surface area contributed by atoms with Gasteiger partial charge in [-0.2, -0.15) is 5.26 Å². The first-order valence-corrected chi connectivity index (χ1v) is 10.6. The van der Waals surface area contributed by atoms with Crippen LogP contribution in [0.4, 0.5) is 0 Å². The summed E-state index contributed by atoms with van der Waals surface area (Å²) in [4.78, 5) is 0. The molecule has 4 aromatic carbocycles. The fraction of sp³-hybridized carbons (Fsp3) is 0.0741. The summed E-state index contributed by atoms with van der Waals surface area (Å²) >= 11 is 12.3. The summed E-state index contributed by atoms with van der Waals surface area (Å²) < 4.78 is 6.17. The molecule has 4 heteroatoms. The molecule has 2 nitrogen and oxygen atoms in total. The molecule has 0 aliphatic carbocycles. The fourth-order valence-electron chi connectivity index (χ4n) is 3.40. The summed E-state index contributed by atoms with van der Waals surface area (Å²) in [5.74, 6) is 0.685. The molecule has 152 valence electrons. The van der Waals surface area contributed by atoms with E-state index in [0.29, 0.717) is 28.0 Å². The molecule has 0 bridgehead atoms. The van der Waals surface area contributed by atoms with E-state index in [1.807, 2.05) is 79.7 Å². The second-order valence-corrected chi connectivity index (χ2v) is 8.10. The highest BCUT2D eigenvalue weighted by atomic mass is 35.5. The Bertz CT molecular complexity index is 1320. The maximum absolute atomic E-state index is 9.85. The maximum Gasteiger partial charge on any atom is 0.127 e. The number of hydrogen-bond acceptors (Lipinski definition) is 2. The lowest BCUT2D eigenvalue weighted by Gasteiger charge is -2.14. The molecular weight excluding hydrogens is 425 g/mol. The zero-order valence-electron chi connectivity index (χ0n) is 16.9. The average Bonchev–Trinajstić information content (AvgIpc) is 2.78. The van der Waals surface area contributed by atoms with Gasteiger partial charge in [0, 0.05) is 21.2 Å². The van der Waals surface area contributed by atoms with Gasteiger partial charge in [-0.15, -0.1) is 0 Å². The van der Waals surface area contributed by atoms with Crippen LogP contribution < -0.4 is 4.74 Å². The van der Waals surface area contributed by atoms with Crippen molar-refractivity contribution in [3.05, 3.63) is 111 Å². The SMILES string of the molecule is Cc1ccc(/C(C#N)=C/c2c(OCc3ccc(Cl)cc3Cl)ccc3ccccc23)cc1. The zero-order chi connectivity index (χ0) is 21.8. The Morgan fingerprint density at radius 3 is 2.48 bits per heavy atom. The number of fused-ring (bicyclic) bond motifs is 1. The minimum Gasteiger partial charge on any atom is -0.488 e. The van der Waals surface area contributed by atoms with Gasteiger partial charge in [0.05, 0.1) is 11.6 Å². The maximum atomic E-state index is 9.85. The molecule has 0 N–H and O–H groups in total. The lowest BCUT2D eigenvalue weighted by molar-refractivity contribution is 0.306. The van der Waals surface area contributed by atoms with Gasteiger partial charge < -0.3 is 4.74 Å². The summed E-state index contributed by atoms with van der Waals surface area (Å²) in [6.07, 6.45) is 1.89. The van der Waals surface area contributed by atoms with Gasteiger partial charge in [0.2, 0.25) is 0 Å². The molecule has 0 aliphatic heterocycles. The lowest BCUT2D eigenvalue weighted by atomic mass is 9.98. The topological polar surface area (TPSA) is 33.0 Å². The molecule has 0 amide bonds. The number of ether oxygens (including phenoxy) is 1. The molecule has 0 aromatic heterocycles. The fourth-order valence-corrected chi connectivity index (χ4v) is 3.87. The number of aryl methyl sites for hydroxylation is 1. The summed E-state index contributed by atoms with van der Waals surface area (Å²) in [6.45, 7) is 2.32. The van der Waals surface area contributed by atoms with Gasteiger partial charge in [0.25, 0.3) is 0 Å². The van der Waals surface area contributed by atoms with Crippen molar-refractivity contribution in [1.29, 1.82) is 5.26 Å². The van der Waals surface area contributed by atoms with Gasteiger partial charge in [0.15, 0.2) is 0 Å². The van der Waals surface area contributed by atoms with Crippen LogP contribution in [0.25, 0.3) is 22.4 Å². The second kappa shape index (κ2) is 9.27. The summed E-state index contributed by atoms with van der Waals surface area (Å²) in [5.41, 5.74) is 4.29. The molecule has 0 heterocycles. The summed E-state index contributed by atoms with van der Waals surface area (Å²) in [6, 6.07) is 27.6. The van der Waals surface area contributed by atoms with Crippen molar-refractivity contribution in [2.75, 3.05) is 0 Å². The number of nitrogens with zero attached hydrogens (tertiary/aromatic N) is 1. The van der Waals surface area contributed by atoms with Crippen LogP contribution in [0.3, 0.4) is 0 Å². The van der Waals surface area contributed by atoms with Crippen molar-refractivity contribution in [3.8, 4) is 11.8 Å². The first-order valence-electron chi connectivity index (χ1n) is 9.82. The molecular formula is C27H19Cl2NO. The molecule has 0 radical (unpaired) electrons. The van der Waals surface area contributed by atoms with Crippen LogP contribution in [0.15, 0.2) is 78.9 Å². The van der Waals surface area contributed by atoms with Crippen LogP contribution in [-0.2, 0) is 6.61 Å². The molecule has 0 fully saturated rings. The van der Waals surface area contributed by atoms with Gasteiger partial charge in [0.1, 0.15) is 12.4 Å². The molecule has 0 atom stereocenters. The largest absolute Gasteiger partial charge is 0.488 e. The Morgan fingerprint density at radius 1 is 0.968 bits per heavy atom. The molecule has 4 rings (SSSR count). The minimum atomic E-state index is 0.293. The van der Waals surface area contributed by atoms with Gasteiger partial charge in [-0.3, -0.25) is 0 Å². The Labute approximate surface area is 191 Å². The molecule has 4 aromatic rings. The van der Waals surface area contributed by atoms with Crippen LogP contribution in [0.2, 0.25) is 10.0 Å². The molecule has 31 heavy (non-hydrogen) atoms. The first kappa shape index (κ1) is 21.0. The monoisotopic (exact) mass is 443 g/mol. The summed E-state index contributed by atoms with van der Waals surface area (Å²) in [7, 11) is 0. The van der Waals surface area contributed by atoms with E-state index < -0.39 is 0 Å². The third-order valence-electron chi connectivity index (χ3n) is 5.10. The van der Waals surface area contributed by atoms with Crippen LogP contribution in [-0.4, -0.2) is 0 Å². The Hall–Kier alpha value is -3.25. The van der Waals surface area contributed by atoms with E-state index in [-0.39, 0.29) is 0 Å². The zero-order valence-corrected chi connectivity index (χ0v) is 18.4. The Kier molecular flexibility index (Phi) is 6.28. The molecule has 0 aliphatic rings. The third-order valence-corrected chi connectivity index (χ3v) is 5.69. The lowest BCUT2D eigenvalue weighted by Crippen LogP contribution is -1.98. The second-order valence-electron chi connectivity index (χ2n) is 7.26. The first-order chi connectivity index (χ1) is 15.0. The molecule has 0 unspecified atom stereocenters. The van der Waals surface area contributed by atoms with Gasteiger partial charge in [-0.1, -0.05) is 89.4 Å². The third kappa shape index (κ3) is 4.75. The number of rotatable bonds is 5. The highest BCUT2D eigenvalue weighted by Crippen LogP contribution is 2.33. The van der Waals surface area contributed by atoms with Crippen molar-refractivity contribution in [1.82, 2.24) is 0 Å². The Balaban J connectivity index is 1.78. The van der Waals surface area contributed by atoms with E-state index in [1.54, 1.807) is 12.1 Å². The van der Waals surface area contributed by atoms with E-state index >= 15 is 0 Å². The van der Waals surface area contributed by atoms with Crippen molar-refractivity contribution < 1.29 is 4.74 Å². The van der Waals surface area contributed by atoms with Crippen molar-refractivity contribution in [2.45, 2.75) is 13.5 Å². The van der Waals surface area contributed by atoms with Crippen LogP contribution in [0, 0.1) is 18.3 Å². The molecule has 0 spiro atoms. The van der Waals surface area contributed by atoms with E-state index in [9.17, 15) is 5.26 Å². The standard InChI is InChI=1S/C27H19Cl2NO/c1-18-6-8-19(9-7-18)22(16-30)14-25-24-5-3-2-4-20(24)11-13-27(25)31-17-21-10-12-23(28)15-26(21)29/h2-15H,17H2,1H3/b22-14+.